The molecule has 4 rings (SSSR count). The van der Waals surface area contributed by atoms with E-state index < -0.39 is 34.6 Å². The summed E-state index contributed by atoms with van der Waals surface area (Å²) in [6.45, 7) is 4.99. The van der Waals surface area contributed by atoms with Crippen molar-refractivity contribution >= 4 is 28.9 Å². The van der Waals surface area contributed by atoms with E-state index in [0.29, 0.717) is 36.6 Å². The Labute approximate surface area is 215 Å². The van der Waals surface area contributed by atoms with Crippen LogP contribution in [0.1, 0.15) is 29.8 Å². The van der Waals surface area contributed by atoms with Crippen LogP contribution in [0.2, 0.25) is 5.02 Å². The van der Waals surface area contributed by atoms with Crippen molar-refractivity contribution in [2.45, 2.75) is 32.1 Å². The van der Waals surface area contributed by atoms with E-state index in [1.807, 2.05) is 25.8 Å². The lowest BCUT2D eigenvalue weighted by molar-refractivity contribution is -0.138. The molecule has 3 aromatic rings. The molecule has 2 N–H and O–H groups in total. The fourth-order valence-corrected chi connectivity index (χ4v) is 4.56. The molecule has 1 fully saturated rings. The molecular weight excluding hydrogens is 514 g/mol. The highest BCUT2D eigenvalue weighted by molar-refractivity contribution is 6.30. The standard InChI is InChI=1S/C25H24ClF4N5O2/c1-13-11-35(12-14(2)34(13)3)22-7-20(27)17(15-4-16(26)9-31-8-15)5-21(22)33-24(37)18-10-32-23(36)6-19(18)25(28,29)30/h4-10,13-14H,11-12H2,1-3H3,(H,32,36)(H,33,37). The van der Waals surface area contributed by atoms with Crippen molar-refractivity contribution in [3.8, 4) is 11.1 Å². The molecule has 0 bridgehead atoms. The molecule has 1 aliphatic rings. The lowest BCUT2D eigenvalue weighted by Crippen LogP contribution is -2.55. The number of carbonyl (C=O) groups is 1. The maximum absolute atomic E-state index is 15.4. The van der Waals surface area contributed by atoms with E-state index in [9.17, 15) is 22.8 Å². The van der Waals surface area contributed by atoms with Crippen molar-refractivity contribution in [2.75, 3.05) is 30.4 Å². The Balaban J connectivity index is 1.82. The number of benzene rings is 1. The number of alkyl halides is 3. The van der Waals surface area contributed by atoms with E-state index in [1.54, 1.807) is 0 Å². The van der Waals surface area contributed by atoms with Crippen molar-refractivity contribution in [3.05, 3.63) is 75.2 Å². The van der Waals surface area contributed by atoms with Crippen LogP contribution in [0.15, 0.2) is 47.7 Å². The number of nitrogens with one attached hydrogen (secondary N) is 2. The van der Waals surface area contributed by atoms with Gasteiger partial charge in [0.2, 0.25) is 5.56 Å². The molecule has 2 unspecified atom stereocenters. The Morgan fingerprint density at radius 2 is 1.81 bits per heavy atom. The Morgan fingerprint density at radius 3 is 2.43 bits per heavy atom. The van der Waals surface area contributed by atoms with E-state index in [2.05, 4.69) is 20.2 Å². The molecule has 7 nitrogen and oxygen atoms in total. The van der Waals surface area contributed by atoms with E-state index in [1.165, 1.54) is 30.6 Å². The van der Waals surface area contributed by atoms with Crippen molar-refractivity contribution in [1.82, 2.24) is 14.9 Å². The van der Waals surface area contributed by atoms with Gasteiger partial charge in [0.05, 0.1) is 27.5 Å². The van der Waals surface area contributed by atoms with E-state index in [4.69, 9.17) is 11.6 Å². The first-order chi connectivity index (χ1) is 17.3. The first kappa shape index (κ1) is 26.6. The van der Waals surface area contributed by atoms with Crippen molar-refractivity contribution in [2.24, 2.45) is 0 Å². The highest BCUT2D eigenvalue weighted by Gasteiger charge is 2.36. The lowest BCUT2D eigenvalue weighted by atomic mass is 10.0. The Bertz CT molecular complexity index is 1380. The zero-order valence-corrected chi connectivity index (χ0v) is 20.9. The number of rotatable bonds is 4. The topological polar surface area (TPSA) is 81.3 Å². The minimum absolute atomic E-state index is 0.0572. The fraction of sp³-hybridized carbons (Fsp3) is 0.320. The van der Waals surface area contributed by atoms with Crippen molar-refractivity contribution in [3.63, 3.8) is 0 Å². The monoisotopic (exact) mass is 537 g/mol. The van der Waals surface area contributed by atoms with E-state index >= 15 is 4.39 Å². The summed E-state index contributed by atoms with van der Waals surface area (Å²) in [7, 11) is 1.97. The molecular formula is C25H24ClF4N5O2. The smallest absolute Gasteiger partial charge is 0.367 e. The second-order valence-corrected chi connectivity index (χ2v) is 9.52. The van der Waals surface area contributed by atoms with Crippen molar-refractivity contribution < 1.29 is 22.4 Å². The lowest BCUT2D eigenvalue weighted by Gasteiger charge is -2.44. The van der Waals surface area contributed by atoms with Gasteiger partial charge in [-0.1, -0.05) is 11.6 Å². The summed E-state index contributed by atoms with van der Waals surface area (Å²) in [5.41, 5.74) is -2.34. The number of amides is 1. The average Bonchev–Trinajstić information content (AvgIpc) is 2.82. The third-order valence-electron chi connectivity index (χ3n) is 6.52. The second kappa shape index (κ2) is 10.1. The number of anilines is 2. The fourth-order valence-electron chi connectivity index (χ4n) is 4.39. The zero-order chi connectivity index (χ0) is 27.1. The molecule has 1 aromatic carbocycles. The third kappa shape index (κ3) is 5.62. The molecule has 0 radical (unpaired) electrons. The van der Waals surface area contributed by atoms with Gasteiger partial charge in [-0.3, -0.25) is 19.5 Å². The molecule has 1 saturated heterocycles. The first-order valence-electron chi connectivity index (χ1n) is 11.4. The molecule has 0 aliphatic carbocycles. The Kier molecular flexibility index (Phi) is 7.29. The quantitative estimate of drug-likeness (QED) is 0.456. The molecule has 12 heteroatoms. The molecule has 2 aromatic heterocycles. The highest BCUT2D eigenvalue weighted by atomic mass is 35.5. The van der Waals surface area contributed by atoms with Crippen LogP contribution in [0.25, 0.3) is 11.1 Å². The van der Waals surface area contributed by atoms with Crippen LogP contribution in [0.5, 0.6) is 0 Å². The Morgan fingerprint density at radius 1 is 1.14 bits per heavy atom. The van der Waals surface area contributed by atoms with Gasteiger partial charge in [0.1, 0.15) is 5.82 Å². The highest BCUT2D eigenvalue weighted by Crippen LogP contribution is 2.37. The van der Waals surface area contributed by atoms with Gasteiger partial charge in [-0.2, -0.15) is 13.2 Å². The summed E-state index contributed by atoms with van der Waals surface area (Å²) in [6.07, 6.45) is -1.46. The number of hydrogen-bond acceptors (Lipinski definition) is 5. The maximum atomic E-state index is 15.4. The molecule has 196 valence electrons. The van der Waals surface area contributed by atoms with Gasteiger partial charge >= 0.3 is 6.18 Å². The number of hydrogen-bond donors (Lipinski definition) is 2. The van der Waals surface area contributed by atoms with Gasteiger partial charge in [-0.15, -0.1) is 0 Å². The summed E-state index contributed by atoms with van der Waals surface area (Å²) >= 11 is 6.02. The Hall–Kier alpha value is -3.44. The van der Waals surface area contributed by atoms with E-state index in [0.717, 1.165) is 0 Å². The second-order valence-electron chi connectivity index (χ2n) is 9.09. The zero-order valence-electron chi connectivity index (χ0n) is 20.2. The predicted molar refractivity (Wildman–Crippen MR) is 134 cm³/mol. The number of halogens is 5. The normalized spacial score (nSPS) is 18.6. The number of nitrogens with zero attached hydrogens (tertiary/aromatic N) is 3. The minimum atomic E-state index is -4.94. The van der Waals surface area contributed by atoms with Gasteiger partial charge in [0.25, 0.3) is 5.91 Å². The van der Waals surface area contributed by atoms with Gasteiger partial charge < -0.3 is 15.2 Å². The van der Waals surface area contributed by atoms with Crippen LogP contribution in [0.4, 0.5) is 28.9 Å². The van der Waals surface area contributed by atoms with Crippen LogP contribution in [0, 0.1) is 5.82 Å². The van der Waals surface area contributed by atoms with E-state index in [-0.39, 0.29) is 28.4 Å². The predicted octanol–water partition coefficient (Wildman–Crippen LogP) is 5.03. The largest absolute Gasteiger partial charge is 0.417 e. The number of aromatic nitrogens is 2. The van der Waals surface area contributed by atoms with Crippen molar-refractivity contribution in [1.29, 1.82) is 0 Å². The molecule has 1 amide bonds. The molecule has 2 atom stereocenters. The summed E-state index contributed by atoms with van der Waals surface area (Å²) in [5, 5.41) is 2.77. The molecule has 1 aliphatic heterocycles. The van der Waals surface area contributed by atoms with Crippen LogP contribution in [-0.2, 0) is 6.18 Å². The number of piperazine rings is 1. The number of H-pyrrole nitrogens is 1. The van der Waals surface area contributed by atoms with Crippen LogP contribution in [-0.4, -0.2) is 53.0 Å². The summed E-state index contributed by atoms with van der Waals surface area (Å²) in [4.78, 5) is 34.8. The third-order valence-corrected chi connectivity index (χ3v) is 6.73. The summed E-state index contributed by atoms with van der Waals surface area (Å²) in [6, 6.07) is 4.58. The molecule has 0 spiro atoms. The molecule has 37 heavy (non-hydrogen) atoms. The molecule has 3 heterocycles. The minimum Gasteiger partial charge on any atom is -0.367 e. The summed E-state index contributed by atoms with van der Waals surface area (Å²) < 4.78 is 56.1. The first-order valence-corrected chi connectivity index (χ1v) is 11.8. The van der Waals surface area contributed by atoms with Gasteiger partial charge in [0.15, 0.2) is 0 Å². The van der Waals surface area contributed by atoms with Gasteiger partial charge in [-0.05, 0) is 39.1 Å². The number of carbonyl (C=O) groups excluding carboxylic acids is 1. The SMILES string of the molecule is CC1CN(c2cc(F)c(-c3cncc(Cl)c3)cc2NC(=O)c2c[nH]c(=O)cc2C(F)(F)F)CC(C)N1C. The molecule has 0 saturated carbocycles. The van der Waals surface area contributed by atoms with Gasteiger partial charge in [0, 0.05) is 61.0 Å². The van der Waals surface area contributed by atoms with Crippen LogP contribution < -0.4 is 15.8 Å². The van der Waals surface area contributed by atoms with Crippen LogP contribution in [0.3, 0.4) is 0 Å². The maximum Gasteiger partial charge on any atom is 0.417 e. The average molecular weight is 538 g/mol. The number of pyridine rings is 2. The number of likely N-dealkylation sites (N-methyl/N-ethyl adjacent to an activating group) is 1. The van der Waals surface area contributed by atoms with Crippen LogP contribution >= 0.6 is 11.6 Å². The number of aromatic amines is 1. The summed E-state index contributed by atoms with van der Waals surface area (Å²) in [5.74, 6) is -1.72. The van der Waals surface area contributed by atoms with Gasteiger partial charge in [-0.25, -0.2) is 4.39 Å².